The van der Waals surface area contributed by atoms with Gasteiger partial charge in [0.1, 0.15) is 0 Å². The fourth-order valence-corrected chi connectivity index (χ4v) is 1.51. The van der Waals surface area contributed by atoms with Crippen LogP contribution in [0.15, 0.2) is 0 Å². The molecule has 13 heavy (non-hydrogen) atoms. The maximum atomic E-state index is 10.9. The second-order valence-corrected chi connectivity index (χ2v) is 4.11. The first-order valence-electron chi connectivity index (χ1n) is 4.37. The van der Waals surface area contributed by atoms with Crippen molar-refractivity contribution in [1.82, 2.24) is 4.90 Å². The molecule has 1 unspecified atom stereocenters. The van der Waals surface area contributed by atoms with Gasteiger partial charge < -0.3 is 4.74 Å². The van der Waals surface area contributed by atoms with Crippen molar-refractivity contribution in [3.63, 3.8) is 0 Å². The predicted octanol–water partition coefficient (Wildman–Crippen LogP) is 1.23. The Hall–Kier alpha value is -0.220. The van der Waals surface area contributed by atoms with E-state index in [4.69, 9.17) is 0 Å². The average molecular weight is 205 g/mol. The lowest BCUT2D eigenvalue weighted by atomic mass is 10.2. The van der Waals surface area contributed by atoms with Crippen LogP contribution in [-0.2, 0) is 9.53 Å². The van der Waals surface area contributed by atoms with Gasteiger partial charge in [-0.15, -0.1) is 0 Å². The van der Waals surface area contributed by atoms with Crippen molar-refractivity contribution in [3.8, 4) is 0 Å². The summed E-state index contributed by atoms with van der Waals surface area (Å²) < 4.78 is 4.59. The molecule has 0 heterocycles. The number of rotatable bonds is 6. The van der Waals surface area contributed by atoms with Gasteiger partial charge in [0.05, 0.1) is 13.7 Å². The van der Waals surface area contributed by atoms with E-state index in [0.717, 1.165) is 12.2 Å². The van der Waals surface area contributed by atoms with Gasteiger partial charge in [0, 0.05) is 6.04 Å². The SMILES string of the molecule is COC(=O)CN(C)C(C)CCSC. The zero-order chi connectivity index (χ0) is 10.3. The highest BCUT2D eigenvalue weighted by molar-refractivity contribution is 7.98. The lowest BCUT2D eigenvalue weighted by Crippen LogP contribution is -2.34. The topological polar surface area (TPSA) is 29.5 Å². The highest BCUT2D eigenvalue weighted by Gasteiger charge is 2.12. The summed E-state index contributed by atoms with van der Waals surface area (Å²) >= 11 is 1.83. The van der Waals surface area contributed by atoms with Crippen molar-refractivity contribution < 1.29 is 9.53 Å². The molecule has 1 atom stereocenters. The fourth-order valence-electron chi connectivity index (χ4n) is 0.933. The molecule has 0 saturated carbocycles. The van der Waals surface area contributed by atoms with Crippen LogP contribution in [0, 0.1) is 0 Å². The van der Waals surface area contributed by atoms with Gasteiger partial charge in [-0.05, 0) is 32.4 Å². The highest BCUT2D eigenvalue weighted by atomic mass is 32.2. The molecule has 4 heteroatoms. The molecule has 0 spiro atoms. The van der Waals surface area contributed by atoms with Crippen molar-refractivity contribution in [1.29, 1.82) is 0 Å². The predicted molar refractivity (Wildman–Crippen MR) is 57.1 cm³/mol. The largest absolute Gasteiger partial charge is 0.468 e. The Kier molecular flexibility index (Phi) is 7.09. The first kappa shape index (κ1) is 12.8. The van der Waals surface area contributed by atoms with Crippen LogP contribution in [0.5, 0.6) is 0 Å². The molecule has 0 aliphatic rings. The van der Waals surface area contributed by atoms with Gasteiger partial charge in [-0.2, -0.15) is 11.8 Å². The number of carbonyl (C=O) groups is 1. The lowest BCUT2D eigenvalue weighted by molar-refractivity contribution is -0.142. The minimum Gasteiger partial charge on any atom is -0.468 e. The number of hydrogen-bond donors (Lipinski definition) is 0. The van der Waals surface area contributed by atoms with Crippen LogP contribution in [0.3, 0.4) is 0 Å². The molecule has 3 nitrogen and oxygen atoms in total. The molecule has 0 rings (SSSR count). The Labute approximate surface area is 84.8 Å². The lowest BCUT2D eigenvalue weighted by Gasteiger charge is -2.22. The maximum absolute atomic E-state index is 10.9. The third-order valence-corrected chi connectivity index (χ3v) is 2.74. The second kappa shape index (κ2) is 7.21. The van der Waals surface area contributed by atoms with Crippen molar-refractivity contribution in [2.45, 2.75) is 19.4 Å². The summed E-state index contributed by atoms with van der Waals surface area (Å²) in [6.45, 7) is 2.51. The molecule has 0 amide bonds. The van der Waals surface area contributed by atoms with E-state index in [9.17, 15) is 4.79 Å². The van der Waals surface area contributed by atoms with Gasteiger partial charge in [-0.1, -0.05) is 0 Å². The van der Waals surface area contributed by atoms with Gasteiger partial charge in [0.25, 0.3) is 0 Å². The fraction of sp³-hybridized carbons (Fsp3) is 0.889. The molecule has 0 N–H and O–H groups in total. The van der Waals surface area contributed by atoms with Gasteiger partial charge in [-0.25, -0.2) is 0 Å². The van der Waals surface area contributed by atoms with Crippen LogP contribution in [0.1, 0.15) is 13.3 Å². The van der Waals surface area contributed by atoms with Crippen molar-refractivity contribution in [2.75, 3.05) is 32.7 Å². The quantitative estimate of drug-likeness (QED) is 0.610. The van der Waals surface area contributed by atoms with E-state index in [1.165, 1.54) is 7.11 Å². The summed E-state index contributed by atoms with van der Waals surface area (Å²) in [4.78, 5) is 12.9. The molecule has 78 valence electrons. The Morgan fingerprint density at radius 1 is 1.62 bits per heavy atom. The maximum Gasteiger partial charge on any atom is 0.319 e. The number of hydrogen-bond acceptors (Lipinski definition) is 4. The number of carbonyl (C=O) groups excluding carboxylic acids is 1. The summed E-state index contributed by atoms with van der Waals surface area (Å²) in [5.74, 6) is 0.964. The van der Waals surface area contributed by atoms with Crippen LogP contribution in [0.25, 0.3) is 0 Å². The number of methoxy groups -OCH3 is 1. The summed E-state index contributed by atoms with van der Waals surface area (Å²) in [7, 11) is 3.37. The zero-order valence-corrected chi connectivity index (χ0v) is 9.69. The van der Waals surface area contributed by atoms with E-state index in [2.05, 4.69) is 17.9 Å². The Morgan fingerprint density at radius 3 is 2.69 bits per heavy atom. The molecule has 0 aliphatic carbocycles. The highest BCUT2D eigenvalue weighted by Crippen LogP contribution is 2.05. The molecule has 0 fully saturated rings. The molecule has 0 aromatic carbocycles. The van der Waals surface area contributed by atoms with E-state index in [-0.39, 0.29) is 5.97 Å². The number of nitrogens with zero attached hydrogens (tertiary/aromatic N) is 1. The number of esters is 1. The van der Waals surface area contributed by atoms with Gasteiger partial charge in [0.2, 0.25) is 0 Å². The minimum atomic E-state index is -0.168. The molecular weight excluding hydrogens is 186 g/mol. The summed E-state index contributed by atoms with van der Waals surface area (Å²) in [5.41, 5.74) is 0. The van der Waals surface area contributed by atoms with Crippen molar-refractivity contribution >= 4 is 17.7 Å². The van der Waals surface area contributed by atoms with Crippen LogP contribution >= 0.6 is 11.8 Å². The number of thioether (sulfide) groups is 1. The Morgan fingerprint density at radius 2 is 2.23 bits per heavy atom. The van der Waals surface area contributed by atoms with Crippen molar-refractivity contribution in [3.05, 3.63) is 0 Å². The van der Waals surface area contributed by atoms with Crippen LogP contribution < -0.4 is 0 Å². The van der Waals surface area contributed by atoms with Gasteiger partial charge >= 0.3 is 5.97 Å². The zero-order valence-electron chi connectivity index (χ0n) is 8.87. The van der Waals surface area contributed by atoms with Crippen molar-refractivity contribution in [2.24, 2.45) is 0 Å². The van der Waals surface area contributed by atoms with E-state index >= 15 is 0 Å². The number of ether oxygens (including phenoxy) is 1. The van der Waals surface area contributed by atoms with E-state index in [1.807, 2.05) is 23.7 Å². The summed E-state index contributed by atoms with van der Waals surface area (Å²) in [5, 5.41) is 0. The van der Waals surface area contributed by atoms with E-state index < -0.39 is 0 Å². The van der Waals surface area contributed by atoms with Crippen LogP contribution in [-0.4, -0.2) is 49.6 Å². The Balaban J connectivity index is 3.68. The molecule has 0 aromatic rings. The first-order valence-corrected chi connectivity index (χ1v) is 5.77. The number of likely N-dealkylation sites (N-methyl/N-ethyl adjacent to an activating group) is 1. The molecular formula is C9H19NO2S. The summed E-state index contributed by atoms with van der Waals surface area (Å²) in [6.07, 6.45) is 3.20. The van der Waals surface area contributed by atoms with Crippen LogP contribution in [0.2, 0.25) is 0 Å². The monoisotopic (exact) mass is 205 g/mol. The summed E-state index contributed by atoms with van der Waals surface area (Å²) in [6, 6.07) is 0.437. The minimum absolute atomic E-state index is 0.168. The molecule has 0 aromatic heterocycles. The average Bonchev–Trinajstić information content (AvgIpc) is 2.13. The Bertz CT molecular complexity index is 153. The molecule has 0 radical (unpaired) electrons. The third kappa shape index (κ3) is 5.93. The smallest absolute Gasteiger partial charge is 0.319 e. The molecule has 0 bridgehead atoms. The second-order valence-electron chi connectivity index (χ2n) is 3.12. The third-order valence-electron chi connectivity index (χ3n) is 2.10. The van der Waals surface area contributed by atoms with Gasteiger partial charge in [-0.3, -0.25) is 9.69 Å². The normalized spacial score (nSPS) is 13.0. The molecule has 0 saturated heterocycles. The first-order chi connectivity index (χ1) is 6.11. The molecule has 0 aliphatic heterocycles. The van der Waals surface area contributed by atoms with E-state index in [1.54, 1.807) is 0 Å². The standard InChI is InChI=1S/C9H19NO2S/c1-8(5-6-13-4)10(2)7-9(11)12-3/h8H,5-7H2,1-4H3. The van der Waals surface area contributed by atoms with Crippen LogP contribution in [0.4, 0.5) is 0 Å². The van der Waals surface area contributed by atoms with Gasteiger partial charge in [0.15, 0.2) is 0 Å². The van der Waals surface area contributed by atoms with E-state index in [0.29, 0.717) is 12.6 Å².